The van der Waals surface area contributed by atoms with E-state index in [-0.39, 0.29) is 5.91 Å². The number of benzene rings is 2. The summed E-state index contributed by atoms with van der Waals surface area (Å²) in [5.41, 5.74) is 1.97. The summed E-state index contributed by atoms with van der Waals surface area (Å²) >= 11 is 0. The van der Waals surface area contributed by atoms with Gasteiger partial charge in [-0.1, -0.05) is 60.7 Å². The second-order valence-electron chi connectivity index (χ2n) is 4.66. The summed E-state index contributed by atoms with van der Waals surface area (Å²) in [6, 6.07) is 18.7. The molecule has 0 fully saturated rings. The molecule has 1 amide bonds. The minimum atomic E-state index is -0.478. The number of carbonyl (C=O) groups excluding carboxylic acids is 2. The van der Waals surface area contributed by atoms with Gasteiger partial charge in [-0.05, 0) is 17.5 Å². The lowest BCUT2D eigenvalue weighted by molar-refractivity contribution is -0.123. The van der Waals surface area contributed by atoms with Crippen molar-refractivity contribution < 1.29 is 9.59 Å². The highest BCUT2D eigenvalue weighted by Crippen LogP contribution is 2.03. The molecule has 0 aliphatic rings. The van der Waals surface area contributed by atoms with Gasteiger partial charge in [-0.3, -0.25) is 4.79 Å². The molecular formula is C17H17NO2. The molecule has 3 heteroatoms. The van der Waals surface area contributed by atoms with Crippen LogP contribution in [0.1, 0.15) is 11.1 Å². The molecule has 0 saturated heterocycles. The van der Waals surface area contributed by atoms with E-state index < -0.39 is 6.04 Å². The van der Waals surface area contributed by atoms with Gasteiger partial charge < -0.3 is 10.1 Å². The lowest BCUT2D eigenvalue weighted by Crippen LogP contribution is -2.38. The predicted octanol–water partition coefficient (Wildman–Crippen LogP) is 2.16. The van der Waals surface area contributed by atoms with Crippen molar-refractivity contribution in [1.82, 2.24) is 5.32 Å². The molecule has 0 aliphatic heterocycles. The highest BCUT2D eigenvalue weighted by Gasteiger charge is 2.12. The van der Waals surface area contributed by atoms with Crippen LogP contribution < -0.4 is 5.32 Å². The second-order valence-corrected chi connectivity index (χ2v) is 4.66. The van der Waals surface area contributed by atoms with Crippen molar-refractivity contribution in [3.05, 3.63) is 71.8 Å². The molecule has 0 spiro atoms. The summed E-state index contributed by atoms with van der Waals surface area (Å²) in [5.74, 6) is -0.135. The van der Waals surface area contributed by atoms with Crippen molar-refractivity contribution in [1.29, 1.82) is 0 Å². The maximum absolute atomic E-state index is 11.9. The van der Waals surface area contributed by atoms with Gasteiger partial charge in [-0.2, -0.15) is 0 Å². The SMILES string of the molecule is O=C[C@H](Cc1ccccc1)NC(=O)Cc1ccccc1. The first-order chi connectivity index (χ1) is 9.78. The Morgan fingerprint density at radius 2 is 1.50 bits per heavy atom. The highest BCUT2D eigenvalue weighted by molar-refractivity contribution is 5.81. The van der Waals surface area contributed by atoms with Crippen LogP contribution in [0.25, 0.3) is 0 Å². The number of hydrogen-bond acceptors (Lipinski definition) is 2. The highest BCUT2D eigenvalue weighted by atomic mass is 16.2. The predicted molar refractivity (Wildman–Crippen MR) is 78.3 cm³/mol. The molecule has 0 saturated carbocycles. The molecule has 2 aromatic rings. The van der Waals surface area contributed by atoms with Gasteiger partial charge in [0.2, 0.25) is 5.91 Å². The molecule has 2 rings (SSSR count). The Morgan fingerprint density at radius 3 is 2.05 bits per heavy atom. The van der Waals surface area contributed by atoms with Crippen LogP contribution in [-0.4, -0.2) is 18.2 Å². The number of rotatable bonds is 6. The smallest absolute Gasteiger partial charge is 0.225 e. The van der Waals surface area contributed by atoms with E-state index in [1.165, 1.54) is 0 Å². The summed E-state index contributed by atoms with van der Waals surface area (Å²) in [6.45, 7) is 0. The number of carbonyl (C=O) groups is 2. The minimum absolute atomic E-state index is 0.135. The maximum atomic E-state index is 11.9. The lowest BCUT2D eigenvalue weighted by atomic mass is 10.1. The summed E-state index contributed by atoms with van der Waals surface area (Å²) in [6.07, 6.45) is 1.60. The van der Waals surface area contributed by atoms with Crippen LogP contribution >= 0.6 is 0 Å². The Kier molecular flexibility index (Phi) is 5.07. The van der Waals surface area contributed by atoms with Gasteiger partial charge in [0.05, 0.1) is 12.5 Å². The lowest BCUT2D eigenvalue weighted by Gasteiger charge is -2.13. The molecule has 0 unspecified atom stereocenters. The van der Waals surface area contributed by atoms with Crippen LogP contribution in [0.4, 0.5) is 0 Å². The zero-order valence-corrected chi connectivity index (χ0v) is 11.2. The zero-order valence-electron chi connectivity index (χ0n) is 11.2. The van der Waals surface area contributed by atoms with E-state index in [1.54, 1.807) is 0 Å². The summed E-state index contributed by atoms with van der Waals surface area (Å²) in [5, 5.41) is 2.76. The van der Waals surface area contributed by atoms with E-state index in [1.807, 2.05) is 60.7 Å². The zero-order chi connectivity index (χ0) is 14.2. The minimum Gasteiger partial charge on any atom is -0.346 e. The fourth-order valence-electron chi connectivity index (χ4n) is 2.04. The normalized spacial score (nSPS) is 11.6. The van der Waals surface area contributed by atoms with Crippen molar-refractivity contribution >= 4 is 12.2 Å². The molecule has 1 N–H and O–H groups in total. The molecule has 0 aliphatic carbocycles. The van der Waals surface area contributed by atoms with E-state index >= 15 is 0 Å². The van der Waals surface area contributed by atoms with Crippen molar-refractivity contribution in [2.75, 3.05) is 0 Å². The van der Waals surface area contributed by atoms with E-state index in [0.717, 1.165) is 17.4 Å². The van der Waals surface area contributed by atoms with E-state index in [4.69, 9.17) is 0 Å². The van der Waals surface area contributed by atoms with Gasteiger partial charge in [0.25, 0.3) is 0 Å². The Bertz CT molecular complexity index is 552. The van der Waals surface area contributed by atoms with Gasteiger partial charge in [-0.25, -0.2) is 0 Å². The number of aldehydes is 1. The molecular weight excluding hydrogens is 250 g/mol. The van der Waals surface area contributed by atoms with Crippen LogP contribution in [0.5, 0.6) is 0 Å². The molecule has 2 aromatic carbocycles. The summed E-state index contributed by atoms with van der Waals surface area (Å²) < 4.78 is 0. The molecule has 0 aromatic heterocycles. The van der Waals surface area contributed by atoms with Crippen LogP contribution in [0.15, 0.2) is 60.7 Å². The molecule has 3 nitrogen and oxygen atoms in total. The summed E-state index contributed by atoms with van der Waals surface area (Å²) in [7, 11) is 0. The van der Waals surface area contributed by atoms with Gasteiger partial charge in [-0.15, -0.1) is 0 Å². The Labute approximate surface area is 118 Å². The largest absolute Gasteiger partial charge is 0.346 e. The Hall–Kier alpha value is -2.42. The first-order valence-corrected chi connectivity index (χ1v) is 6.60. The molecule has 0 bridgehead atoms. The summed E-state index contributed by atoms with van der Waals surface area (Å²) in [4.78, 5) is 23.0. The molecule has 0 heterocycles. The van der Waals surface area contributed by atoms with E-state index in [0.29, 0.717) is 12.8 Å². The number of hydrogen-bond donors (Lipinski definition) is 1. The standard InChI is InChI=1S/C17H17NO2/c19-13-16(11-14-7-3-1-4-8-14)18-17(20)12-15-9-5-2-6-10-15/h1-10,13,16H,11-12H2,(H,18,20)/t16-/m0/s1. The fourth-order valence-corrected chi connectivity index (χ4v) is 2.04. The Balaban J connectivity index is 1.90. The maximum Gasteiger partial charge on any atom is 0.225 e. The molecule has 1 atom stereocenters. The average Bonchev–Trinajstić information content (AvgIpc) is 2.48. The van der Waals surface area contributed by atoms with Crippen LogP contribution in [0.3, 0.4) is 0 Å². The van der Waals surface area contributed by atoms with Crippen molar-refractivity contribution in [3.63, 3.8) is 0 Å². The van der Waals surface area contributed by atoms with E-state index in [2.05, 4.69) is 5.32 Å². The number of amides is 1. The molecule has 20 heavy (non-hydrogen) atoms. The van der Waals surface area contributed by atoms with Crippen molar-refractivity contribution in [2.45, 2.75) is 18.9 Å². The van der Waals surface area contributed by atoms with Crippen LogP contribution in [0.2, 0.25) is 0 Å². The molecule has 0 radical (unpaired) electrons. The third kappa shape index (κ3) is 4.35. The Morgan fingerprint density at radius 1 is 0.950 bits per heavy atom. The van der Waals surface area contributed by atoms with Gasteiger partial charge >= 0.3 is 0 Å². The van der Waals surface area contributed by atoms with Gasteiger partial charge in [0.15, 0.2) is 0 Å². The first-order valence-electron chi connectivity index (χ1n) is 6.60. The van der Waals surface area contributed by atoms with Crippen LogP contribution in [0, 0.1) is 0 Å². The van der Waals surface area contributed by atoms with Gasteiger partial charge in [0.1, 0.15) is 6.29 Å². The quantitative estimate of drug-likeness (QED) is 0.815. The third-order valence-electron chi connectivity index (χ3n) is 3.02. The monoisotopic (exact) mass is 267 g/mol. The number of nitrogens with one attached hydrogen (secondary N) is 1. The fraction of sp³-hybridized carbons (Fsp3) is 0.176. The van der Waals surface area contributed by atoms with E-state index in [9.17, 15) is 9.59 Å². The van der Waals surface area contributed by atoms with Gasteiger partial charge in [0, 0.05) is 0 Å². The second kappa shape index (κ2) is 7.24. The van der Waals surface area contributed by atoms with Crippen LogP contribution in [-0.2, 0) is 22.4 Å². The van der Waals surface area contributed by atoms with Crippen molar-refractivity contribution in [3.8, 4) is 0 Å². The third-order valence-corrected chi connectivity index (χ3v) is 3.02. The topological polar surface area (TPSA) is 46.2 Å². The van der Waals surface area contributed by atoms with Crippen molar-refractivity contribution in [2.24, 2.45) is 0 Å². The molecule has 102 valence electrons. The average molecular weight is 267 g/mol. The first kappa shape index (κ1) is 14.0.